The maximum absolute atomic E-state index is 12.7. The summed E-state index contributed by atoms with van der Waals surface area (Å²) >= 11 is 0. The van der Waals surface area contributed by atoms with E-state index in [0.717, 1.165) is 16.1 Å². The van der Waals surface area contributed by atoms with Crippen LogP contribution in [0.4, 0.5) is 5.69 Å². The van der Waals surface area contributed by atoms with Crippen LogP contribution in [0.3, 0.4) is 0 Å². The number of aromatic nitrogens is 2. The zero-order valence-electron chi connectivity index (χ0n) is 18.9. The summed E-state index contributed by atoms with van der Waals surface area (Å²) in [6.07, 6.45) is 1.58. The molecule has 2 aromatic carbocycles. The van der Waals surface area contributed by atoms with Crippen molar-refractivity contribution >= 4 is 21.5 Å². The summed E-state index contributed by atoms with van der Waals surface area (Å²) in [5, 5.41) is 8.26. The van der Waals surface area contributed by atoms with Gasteiger partial charge in [0.25, 0.3) is 0 Å². The fourth-order valence-corrected chi connectivity index (χ4v) is 3.74. The van der Waals surface area contributed by atoms with Gasteiger partial charge in [-0.3, -0.25) is 9.10 Å². The Kier molecular flexibility index (Phi) is 6.52. The van der Waals surface area contributed by atoms with E-state index in [1.807, 2.05) is 30.3 Å². The van der Waals surface area contributed by atoms with Gasteiger partial charge in [0.15, 0.2) is 5.78 Å². The van der Waals surface area contributed by atoms with E-state index in [9.17, 15) is 13.2 Å². The number of hydrogen-bond acceptors (Lipinski definition) is 7. The van der Waals surface area contributed by atoms with Crippen LogP contribution in [0.5, 0.6) is 0 Å². The number of benzene rings is 2. The predicted molar refractivity (Wildman–Crippen MR) is 124 cm³/mol. The average molecular weight is 457 g/mol. The third-order valence-electron chi connectivity index (χ3n) is 5.16. The molecule has 8 nitrogen and oxygen atoms in total. The van der Waals surface area contributed by atoms with Crippen molar-refractivity contribution in [2.75, 3.05) is 17.6 Å². The molecule has 0 saturated heterocycles. The molecule has 1 atom stereocenters. The van der Waals surface area contributed by atoms with Crippen molar-refractivity contribution in [2.24, 2.45) is 11.7 Å². The molecule has 1 heterocycles. The van der Waals surface area contributed by atoms with Crippen molar-refractivity contribution in [3.05, 3.63) is 65.5 Å². The molecule has 0 aliphatic carbocycles. The van der Waals surface area contributed by atoms with Gasteiger partial charge in [0.05, 0.1) is 17.5 Å². The lowest BCUT2D eigenvalue weighted by Gasteiger charge is -2.20. The Bertz CT molecular complexity index is 1220. The van der Waals surface area contributed by atoms with Gasteiger partial charge >= 0.3 is 0 Å². The van der Waals surface area contributed by atoms with Gasteiger partial charge in [-0.2, -0.15) is 0 Å². The first-order valence-electron chi connectivity index (χ1n) is 10.2. The quantitative estimate of drug-likeness (QED) is 0.516. The first-order valence-corrected chi connectivity index (χ1v) is 12.0. The van der Waals surface area contributed by atoms with Crippen molar-refractivity contribution in [2.45, 2.75) is 32.7 Å². The summed E-state index contributed by atoms with van der Waals surface area (Å²) in [6, 6.07) is 14.5. The summed E-state index contributed by atoms with van der Waals surface area (Å²) in [5.74, 6) is 0.0156. The normalized spacial score (nSPS) is 13.7. The van der Waals surface area contributed by atoms with Crippen molar-refractivity contribution in [1.29, 1.82) is 0 Å². The molecule has 0 radical (unpaired) electrons. The highest BCUT2D eigenvalue weighted by Crippen LogP contribution is 2.30. The molecule has 0 spiro atoms. The Balaban J connectivity index is 2.03. The van der Waals surface area contributed by atoms with Gasteiger partial charge in [-0.1, -0.05) is 44.2 Å². The average Bonchev–Trinajstić information content (AvgIpc) is 3.23. The highest BCUT2D eigenvalue weighted by atomic mass is 32.2. The molecule has 0 amide bonds. The Morgan fingerprint density at radius 3 is 2.41 bits per heavy atom. The molecule has 0 bridgehead atoms. The van der Waals surface area contributed by atoms with Crippen molar-refractivity contribution in [3.8, 4) is 11.5 Å². The second-order valence-corrected chi connectivity index (χ2v) is 10.5. The lowest BCUT2D eigenvalue weighted by molar-refractivity contribution is 0.0939. The van der Waals surface area contributed by atoms with Gasteiger partial charge in [0.2, 0.25) is 21.8 Å². The second kappa shape index (κ2) is 8.84. The highest BCUT2D eigenvalue weighted by molar-refractivity contribution is 7.92. The topological polar surface area (TPSA) is 119 Å². The summed E-state index contributed by atoms with van der Waals surface area (Å²) in [6.45, 7) is 5.37. The number of carbonyl (C=O) groups excluding carboxylic acids is 1. The van der Waals surface area contributed by atoms with Gasteiger partial charge in [0.1, 0.15) is 0 Å². The van der Waals surface area contributed by atoms with Gasteiger partial charge in [-0.25, -0.2) is 8.42 Å². The first-order chi connectivity index (χ1) is 14.9. The number of anilines is 1. The van der Waals surface area contributed by atoms with Gasteiger partial charge in [-0.05, 0) is 37.1 Å². The van der Waals surface area contributed by atoms with Crippen LogP contribution >= 0.6 is 0 Å². The molecule has 0 unspecified atom stereocenters. The number of ketones is 1. The lowest BCUT2D eigenvalue weighted by Crippen LogP contribution is -2.35. The SMILES string of the molecule is CC(C)C(=O)c1cc(-c2nnc([C@](C)(N)Cc3ccccc3)o2)cc(N(C)S(C)(=O)=O)c1. The predicted octanol–water partition coefficient (Wildman–Crippen LogP) is 3.39. The maximum Gasteiger partial charge on any atom is 0.247 e. The van der Waals surface area contributed by atoms with Crippen molar-refractivity contribution in [1.82, 2.24) is 10.2 Å². The van der Waals surface area contributed by atoms with Gasteiger partial charge < -0.3 is 10.2 Å². The Hall–Kier alpha value is -3.04. The zero-order valence-corrected chi connectivity index (χ0v) is 19.7. The molecule has 170 valence electrons. The molecule has 2 N–H and O–H groups in total. The first kappa shape index (κ1) is 23.6. The van der Waals surface area contributed by atoms with Crippen LogP contribution in [-0.2, 0) is 22.0 Å². The number of Topliss-reactive ketones (excluding diaryl/α,β-unsaturated/α-hetero) is 1. The molecule has 9 heteroatoms. The van der Waals surface area contributed by atoms with Gasteiger partial charge in [-0.15, -0.1) is 10.2 Å². The van der Waals surface area contributed by atoms with E-state index >= 15 is 0 Å². The molecule has 3 aromatic rings. The molecular weight excluding hydrogens is 428 g/mol. The van der Waals surface area contributed by atoms with E-state index in [1.165, 1.54) is 7.05 Å². The van der Waals surface area contributed by atoms with Crippen LogP contribution in [0.1, 0.15) is 42.6 Å². The largest absolute Gasteiger partial charge is 0.419 e. The number of carbonyl (C=O) groups is 1. The minimum atomic E-state index is -3.53. The number of nitrogens with two attached hydrogens (primary N) is 1. The Morgan fingerprint density at radius 2 is 1.81 bits per heavy atom. The minimum Gasteiger partial charge on any atom is -0.419 e. The number of hydrogen-bond donors (Lipinski definition) is 1. The minimum absolute atomic E-state index is 0.123. The van der Waals surface area contributed by atoms with E-state index in [0.29, 0.717) is 23.2 Å². The molecule has 32 heavy (non-hydrogen) atoms. The zero-order chi connectivity index (χ0) is 23.7. The van der Waals surface area contributed by atoms with Crippen LogP contribution in [-0.4, -0.2) is 37.7 Å². The van der Waals surface area contributed by atoms with Crippen molar-refractivity contribution < 1.29 is 17.6 Å². The van der Waals surface area contributed by atoms with Crippen LogP contribution in [0, 0.1) is 5.92 Å². The maximum atomic E-state index is 12.7. The number of sulfonamides is 1. The molecule has 3 rings (SSSR count). The fraction of sp³-hybridized carbons (Fsp3) is 0.348. The Labute approximate surface area is 188 Å². The van der Waals surface area contributed by atoms with E-state index in [4.69, 9.17) is 10.2 Å². The lowest BCUT2D eigenvalue weighted by atomic mass is 9.94. The van der Waals surface area contributed by atoms with Crippen molar-refractivity contribution in [3.63, 3.8) is 0 Å². The van der Waals surface area contributed by atoms with Crippen LogP contribution in [0.2, 0.25) is 0 Å². The molecular formula is C23H28N4O4S. The van der Waals surface area contributed by atoms with Gasteiger partial charge in [0, 0.05) is 24.1 Å². The monoisotopic (exact) mass is 456 g/mol. The van der Waals surface area contributed by atoms with E-state index in [1.54, 1.807) is 39.0 Å². The van der Waals surface area contributed by atoms with E-state index in [2.05, 4.69) is 10.2 Å². The third kappa shape index (κ3) is 5.23. The molecule has 0 fully saturated rings. The second-order valence-electron chi connectivity index (χ2n) is 8.51. The standard InChI is InChI=1S/C23H28N4O4S/c1-15(2)20(28)17-11-18(13-19(12-17)27(4)32(5,29)30)21-25-26-22(31-21)23(3,24)14-16-9-7-6-8-10-16/h6-13,15H,14,24H2,1-5H3/t23-/m1/s1. The molecule has 0 saturated carbocycles. The van der Waals surface area contributed by atoms with Crippen LogP contribution < -0.4 is 10.0 Å². The summed E-state index contributed by atoms with van der Waals surface area (Å²) < 4.78 is 31.2. The highest BCUT2D eigenvalue weighted by Gasteiger charge is 2.29. The molecule has 1 aromatic heterocycles. The Morgan fingerprint density at radius 1 is 1.16 bits per heavy atom. The molecule has 0 aliphatic rings. The van der Waals surface area contributed by atoms with Crippen LogP contribution in [0.25, 0.3) is 11.5 Å². The smallest absolute Gasteiger partial charge is 0.247 e. The molecule has 0 aliphatic heterocycles. The summed E-state index contributed by atoms with van der Waals surface area (Å²) in [7, 11) is -2.11. The van der Waals surface area contributed by atoms with E-state index in [-0.39, 0.29) is 23.5 Å². The fourth-order valence-electron chi connectivity index (χ4n) is 3.25. The van der Waals surface area contributed by atoms with Crippen LogP contribution in [0.15, 0.2) is 52.9 Å². The third-order valence-corrected chi connectivity index (χ3v) is 6.37. The summed E-state index contributed by atoms with van der Waals surface area (Å²) in [4.78, 5) is 12.7. The van der Waals surface area contributed by atoms with E-state index < -0.39 is 15.6 Å². The summed E-state index contributed by atoms with van der Waals surface area (Å²) in [5.41, 5.74) is 7.72. The number of rotatable bonds is 8. The number of nitrogens with zero attached hydrogens (tertiary/aromatic N) is 3.